The van der Waals surface area contributed by atoms with E-state index in [1.54, 1.807) is 24.5 Å². The van der Waals surface area contributed by atoms with Crippen molar-refractivity contribution >= 4 is 47.7 Å². The van der Waals surface area contributed by atoms with Crippen LogP contribution in [0.25, 0.3) is 11.1 Å². The topological polar surface area (TPSA) is 116 Å². The van der Waals surface area contributed by atoms with E-state index < -0.39 is 10.0 Å². The van der Waals surface area contributed by atoms with Gasteiger partial charge in [-0.1, -0.05) is 45.8 Å². The Morgan fingerprint density at radius 3 is 2.17 bits per heavy atom. The first-order chi connectivity index (χ1) is 16.8. The Morgan fingerprint density at radius 1 is 0.829 bits per heavy atom. The van der Waals surface area contributed by atoms with E-state index in [1.165, 1.54) is 18.5 Å². The fraction of sp³-hybridized carbons (Fsp3) is 0.130. The Bertz CT molecular complexity index is 1400. The average molecular weight is 621 g/mol. The number of nitrogens with zero attached hydrogens (tertiary/aromatic N) is 4. The van der Waals surface area contributed by atoms with Gasteiger partial charge in [-0.25, -0.2) is 28.4 Å². The molecule has 180 valence electrons. The van der Waals surface area contributed by atoms with Crippen LogP contribution in [0.4, 0.5) is 5.82 Å². The zero-order chi connectivity index (χ0) is 24.8. The summed E-state index contributed by atoms with van der Waals surface area (Å²) in [5.41, 5.74) is 2.15. The third-order valence-corrected chi connectivity index (χ3v) is 6.95. The number of aryl methyl sites for hydroxylation is 1. The SMILES string of the molecule is Cc1ccc(-c2c(NS(=O)(=O)c3ccc(Br)cc3)ncnc2OCCOc2ncc(Br)cn2)cc1. The minimum Gasteiger partial charge on any atom is -0.473 e. The molecule has 0 amide bonds. The van der Waals surface area contributed by atoms with Crippen molar-refractivity contribution in [1.82, 2.24) is 19.9 Å². The van der Waals surface area contributed by atoms with Crippen molar-refractivity contribution in [2.24, 2.45) is 0 Å². The number of aromatic nitrogens is 4. The van der Waals surface area contributed by atoms with Crippen molar-refractivity contribution in [2.45, 2.75) is 11.8 Å². The molecule has 2 aromatic heterocycles. The van der Waals surface area contributed by atoms with Crippen LogP contribution in [0.5, 0.6) is 11.9 Å². The number of hydrogen-bond donors (Lipinski definition) is 1. The van der Waals surface area contributed by atoms with Crippen LogP contribution in [0.1, 0.15) is 5.56 Å². The van der Waals surface area contributed by atoms with Crippen molar-refractivity contribution in [3.05, 3.63) is 81.8 Å². The lowest BCUT2D eigenvalue weighted by molar-refractivity contribution is 0.202. The molecule has 0 aliphatic heterocycles. The summed E-state index contributed by atoms with van der Waals surface area (Å²) in [5.74, 6) is 0.302. The Balaban J connectivity index is 1.60. The normalized spacial score (nSPS) is 11.2. The molecule has 0 radical (unpaired) electrons. The molecular weight excluding hydrogens is 602 g/mol. The number of halogens is 2. The maximum Gasteiger partial charge on any atom is 0.316 e. The second-order valence-electron chi connectivity index (χ2n) is 7.21. The van der Waals surface area contributed by atoms with Gasteiger partial charge in [0.2, 0.25) is 5.88 Å². The van der Waals surface area contributed by atoms with E-state index in [-0.39, 0.29) is 35.8 Å². The predicted octanol–water partition coefficient (Wildman–Crippen LogP) is 5.03. The van der Waals surface area contributed by atoms with Crippen LogP contribution in [0.3, 0.4) is 0 Å². The molecule has 1 N–H and O–H groups in total. The third kappa shape index (κ3) is 6.53. The lowest BCUT2D eigenvalue weighted by Crippen LogP contribution is -2.16. The molecule has 0 aliphatic carbocycles. The van der Waals surface area contributed by atoms with Crippen molar-refractivity contribution in [2.75, 3.05) is 17.9 Å². The van der Waals surface area contributed by atoms with Gasteiger partial charge in [-0.05, 0) is 52.7 Å². The maximum atomic E-state index is 13.0. The van der Waals surface area contributed by atoms with Crippen LogP contribution >= 0.6 is 31.9 Å². The molecule has 12 heteroatoms. The van der Waals surface area contributed by atoms with Gasteiger partial charge >= 0.3 is 6.01 Å². The van der Waals surface area contributed by atoms with E-state index in [2.05, 4.69) is 56.5 Å². The van der Waals surface area contributed by atoms with E-state index in [9.17, 15) is 8.42 Å². The Labute approximate surface area is 219 Å². The molecule has 9 nitrogen and oxygen atoms in total. The summed E-state index contributed by atoms with van der Waals surface area (Å²) in [6, 6.07) is 14.0. The molecule has 0 saturated carbocycles. The summed E-state index contributed by atoms with van der Waals surface area (Å²) in [6.45, 7) is 2.23. The molecule has 4 aromatic rings. The van der Waals surface area contributed by atoms with Crippen molar-refractivity contribution in [1.29, 1.82) is 0 Å². The van der Waals surface area contributed by atoms with Gasteiger partial charge in [-0.2, -0.15) is 0 Å². The molecule has 0 unspecified atom stereocenters. The van der Waals surface area contributed by atoms with E-state index in [1.807, 2.05) is 31.2 Å². The molecule has 0 atom stereocenters. The summed E-state index contributed by atoms with van der Waals surface area (Å²) < 4.78 is 41.5. The third-order valence-electron chi connectivity index (χ3n) is 4.66. The summed E-state index contributed by atoms with van der Waals surface area (Å²) in [6.07, 6.45) is 4.39. The summed E-state index contributed by atoms with van der Waals surface area (Å²) in [7, 11) is -3.91. The fourth-order valence-corrected chi connectivity index (χ4v) is 4.47. The number of rotatable bonds is 9. The van der Waals surface area contributed by atoms with Crippen LogP contribution in [-0.2, 0) is 10.0 Å². The van der Waals surface area contributed by atoms with E-state index in [0.29, 0.717) is 11.1 Å². The second kappa shape index (κ2) is 11.1. The molecule has 4 rings (SSSR count). The predicted molar refractivity (Wildman–Crippen MR) is 138 cm³/mol. The molecule has 35 heavy (non-hydrogen) atoms. The monoisotopic (exact) mass is 619 g/mol. The van der Waals surface area contributed by atoms with Gasteiger partial charge in [-0.15, -0.1) is 0 Å². The van der Waals surface area contributed by atoms with Gasteiger partial charge in [0.1, 0.15) is 19.5 Å². The smallest absolute Gasteiger partial charge is 0.316 e. The first kappa shape index (κ1) is 25.0. The van der Waals surface area contributed by atoms with E-state index >= 15 is 0 Å². The number of ether oxygens (including phenoxy) is 2. The molecule has 0 fully saturated rings. The standard InChI is InChI=1S/C23H19Br2N5O4S/c1-15-2-4-16(5-3-15)20-21(30-35(31,32)19-8-6-17(24)7-9-19)28-14-29-22(20)33-10-11-34-23-26-12-18(25)13-27-23/h2-9,12-14H,10-11H2,1H3,(H,28,29,30). The highest BCUT2D eigenvalue weighted by Gasteiger charge is 2.21. The number of benzene rings is 2. The number of sulfonamides is 1. The van der Waals surface area contributed by atoms with E-state index in [0.717, 1.165) is 14.5 Å². The van der Waals surface area contributed by atoms with Crippen molar-refractivity contribution in [3.63, 3.8) is 0 Å². The van der Waals surface area contributed by atoms with Crippen LogP contribution < -0.4 is 14.2 Å². The minimum absolute atomic E-state index is 0.0962. The van der Waals surface area contributed by atoms with Crippen LogP contribution in [0.2, 0.25) is 0 Å². The zero-order valence-electron chi connectivity index (χ0n) is 18.4. The van der Waals surface area contributed by atoms with Gasteiger partial charge in [0, 0.05) is 16.9 Å². The van der Waals surface area contributed by atoms with Gasteiger partial charge in [0.25, 0.3) is 10.0 Å². The number of nitrogens with one attached hydrogen (secondary N) is 1. The molecule has 0 bridgehead atoms. The first-order valence-corrected chi connectivity index (χ1v) is 13.3. The van der Waals surface area contributed by atoms with Gasteiger partial charge in [-0.3, -0.25) is 4.72 Å². The Hall–Kier alpha value is -3.09. The summed E-state index contributed by atoms with van der Waals surface area (Å²) in [4.78, 5) is 16.6. The quantitative estimate of drug-likeness (QED) is 0.259. The van der Waals surface area contributed by atoms with Gasteiger partial charge in [0.15, 0.2) is 5.82 Å². The number of hydrogen-bond acceptors (Lipinski definition) is 8. The van der Waals surface area contributed by atoms with Crippen LogP contribution in [-0.4, -0.2) is 41.6 Å². The average Bonchev–Trinajstić information content (AvgIpc) is 2.84. The highest BCUT2D eigenvalue weighted by molar-refractivity contribution is 9.10. The van der Waals surface area contributed by atoms with Gasteiger partial charge in [0.05, 0.1) is 14.9 Å². The molecule has 0 aliphatic rings. The lowest BCUT2D eigenvalue weighted by Gasteiger charge is -2.16. The highest BCUT2D eigenvalue weighted by atomic mass is 79.9. The molecule has 0 spiro atoms. The molecule has 2 heterocycles. The van der Waals surface area contributed by atoms with Crippen LogP contribution in [0.15, 0.2) is 81.1 Å². The highest BCUT2D eigenvalue weighted by Crippen LogP contribution is 2.35. The van der Waals surface area contributed by atoms with E-state index in [4.69, 9.17) is 9.47 Å². The largest absolute Gasteiger partial charge is 0.473 e. The van der Waals surface area contributed by atoms with Crippen LogP contribution in [0, 0.1) is 6.92 Å². The van der Waals surface area contributed by atoms with Crippen molar-refractivity contribution < 1.29 is 17.9 Å². The Kier molecular flexibility index (Phi) is 7.93. The molecular formula is C23H19Br2N5O4S. The summed E-state index contributed by atoms with van der Waals surface area (Å²) >= 11 is 6.58. The zero-order valence-corrected chi connectivity index (χ0v) is 22.3. The lowest BCUT2D eigenvalue weighted by atomic mass is 10.1. The maximum absolute atomic E-state index is 13.0. The van der Waals surface area contributed by atoms with Gasteiger partial charge < -0.3 is 9.47 Å². The number of anilines is 1. The fourth-order valence-electron chi connectivity index (χ4n) is 2.98. The summed E-state index contributed by atoms with van der Waals surface area (Å²) in [5, 5.41) is 0. The second-order valence-corrected chi connectivity index (χ2v) is 10.7. The minimum atomic E-state index is -3.91. The Morgan fingerprint density at radius 2 is 1.49 bits per heavy atom. The first-order valence-electron chi connectivity index (χ1n) is 10.3. The molecule has 0 saturated heterocycles. The van der Waals surface area contributed by atoms with Crippen molar-refractivity contribution in [3.8, 4) is 23.0 Å². The molecule has 2 aromatic carbocycles.